The Kier molecular flexibility index (Phi) is 2.46. The second kappa shape index (κ2) is 3.56. The third-order valence-corrected chi connectivity index (χ3v) is 3.02. The number of alkyl halides is 2. The number of fused-ring (bicyclic) bond motifs is 1. The maximum Gasteiger partial charge on any atom is 0.287 e. The number of hydrogen-bond acceptors (Lipinski definition) is 1. The highest BCUT2D eigenvalue weighted by Crippen LogP contribution is 2.36. The van der Waals surface area contributed by atoms with Crippen molar-refractivity contribution in [1.29, 1.82) is 0 Å². The van der Waals surface area contributed by atoms with E-state index in [4.69, 9.17) is 5.73 Å². The molecular weight excluding hydrogens is 210 g/mol. The van der Waals surface area contributed by atoms with Crippen LogP contribution in [-0.4, -0.2) is 11.1 Å². The van der Waals surface area contributed by atoms with Gasteiger partial charge in [0.1, 0.15) is 0 Å². The van der Waals surface area contributed by atoms with E-state index in [2.05, 4.69) is 0 Å². The molecule has 0 atom stereocenters. The van der Waals surface area contributed by atoms with Gasteiger partial charge in [0.25, 0.3) is 5.92 Å². The highest BCUT2D eigenvalue weighted by molar-refractivity contribution is 5.86. The Hall–Kier alpha value is -1.42. The van der Waals surface area contributed by atoms with Gasteiger partial charge in [-0.15, -0.1) is 0 Å². The van der Waals surface area contributed by atoms with Crippen molar-refractivity contribution < 1.29 is 8.78 Å². The predicted molar refractivity (Wildman–Crippen MR) is 60.6 cm³/mol. The van der Waals surface area contributed by atoms with Gasteiger partial charge in [0, 0.05) is 23.6 Å². The average molecular weight is 224 g/mol. The summed E-state index contributed by atoms with van der Waals surface area (Å²) in [4.78, 5) is 0. The van der Waals surface area contributed by atoms with Gasteiger partial charge in [0.05, 0.1) is 12.1 Å². The van der Waals surface area contributed by atoms with Gasteiger partial charge >= 0.3 is 0 Å². The molecule has 4 heteroatoms. The van der Waals surface area contributed by atoms with Gasteiger partial charge in [-0.25, -0.2) is 0 Å². The molecule has 1 aromatic heterocycles. The van der Waals surface area contributed by atoms with Gasteiger partial charge in [0.15, 0.2) is 0 Å². The summed E-state index contributed by atoms with van der Waals surface area (Å²) in [6.45, 7) is 1.03. The maximum absolute atomic E-state index is 13.8. The first-order valence-corrected chi connectivity index (χ1v) is 5.11. The van der Waals surface area contributed by atoms with Crippen molar-refractivity contribution in [3.05, 3.63) is 35.5 Å². The number of rotatable bonds is 2. The molecule has 0 aliphatic carbocycles. The van der Waals surface area contributed by atoms with Crippen molar-refractivity contribution in [2.24, 2.45) is 12.8 Å². The second-order valence-electron chi connectivity index (χ2n) is 3.95. The van der Waals surface area contributed by atoms with E-state index in [-0.39, 0.29) is 5.56 Å². The lowest BCUT2D eigenvalue weighted by molar-refractivity contribution is 0.00672. The van der Waals surface area contributed by atoms with Crippen LogP contribution in [0.3, 0.4) is 0 Å². The Morgan fingerprint density at radius 2 is 1.94 bits per heavy atom. The standard InChI is InChI=1S/C12H14F2N2/c1-8-11(12(13,14)7-15)9-5-3-4-6-10(9)16(8)2/h3-6H,7,15H2,1-2H3. The van der Waals surface area contributed by atoms with Crippen molar-refractivity contribution in [2.75, 3.05) is 6.54 Å². The van der Waals surface area contributed by atoms with E-state index < -0.39 is 12.5 Å². The quantitative estimate of drug-likeness (QED) is 0.835. The molecule has 1 aromatic carbocycles. The summed E-state index contributed by atoms with van der Waals surface area (Å²) in [6, 6.07) is 7.14. The van der Waals surface area contributed by atoms with Crippen LogP contribution < -0.4 is 5.73 Å². The molecule has 1 heterocycles. The van der Waals surface area contributed by atoms with Crippen LogP contribution in [0, 0.1) is 6.92 Å². The number of para-hydroxylation sites is 1. The smallest absolute Gasteiger partial charge is 0.287 e. The monoisotopic (exact) mass is 224 g/mol. The minimum Gasteiger partial charge on any atom is -0.347 e. The molecule has 86 valence electrons. The van der Waals surface area contributed by atoms with Gasteiger partial charge in [-0.05, 0) is 13.0 Å². The van der Waals surface area contributed by atoms with E-state index in [9.17, 15) is 8.78 Å². The van der Waals surface area contributed by atoms with E-state index >= 15 is 0 Å². The molecule has 0 bridgehead atoms. The summed E-state index contributed by atoms with van der Waals surface area (Å²) < 4.78 is 29.3. The van der Waals surface area contributed by atoms with Crippen LogP contribution in [0.25, 0.3) is 10.9 Å². The van der Waals surface area contributed by atoms with Crippen molar-refractivity contribution in [1.82, 2.24) is 4.57 Å². The third-order valence-electron chi connectivity index (χ3n) is 3.02. The summed E-state index contributed by atoms with van der Waals surface area (Å²) in [5.41, 5.74) is 6.57. The molecule has 2 aromatic rings. The number of halogens is 2. The molecule has 0 radical (unpaired) electrons. The molecule has 16 heavy (non-hydrogen) atoms. The zero-order valence-corrected chi connectivity index (χ0v) is 9.30. The van der Waals surface area contributed by atoms with Gasteiger partial charge in [-0.3, -0.25) is 0 Å². The van der Waals surface area contributed by atoms with Crippen molar-refractivity contribution >= 4 is 10.9 Å². The van der Waals surface area contributed by atoms with Crippen LogP contribution >= 0.6 is 0 Å². The summed E-state index contributed by atoms with van der Waals surface area (Å²) >= 11 is 0. The van der Waals surface area contributed by atoms with E-state index in [0.717, 1.165) is 5.52 Å². The van der Waals surface area contributed by atoms with Crippen LogP contribution in [0.5, 0.6) is 0 Å². The molecule has 0 spiro atoms. The second-order valence-corrected chi connectivity index (χ2v) is 3.95. The zero-order valence-electron chi connectivity index (χ0n) is 9.30. The Morgan fingerprint density at radius 3 is 2.56 bits per heavy atom. The fraction of sp³-hybridized carbons (Fsp3) is 0.333. The van der Waals surface area contributed by atoms with Crippen molar-refractivity contribution in [2.45, 2.75) is 12.8 Å². The Morgan fingerprint density at radius 1 is 1.31 bits per heavy atom. The highest BCUT2D eigenvalue weighted by atomic mass is 19.3. The SMILES string of the molecule is Cc1c(C(F)(F)CN)c2ccccc2n1C. The number of aromatic nitrogens is 1. The van der Waals surface area contributed by atoms with E-state index in [1.54, 1.807) is 30.7 Å². The largest absolute Gasteiger partial charge is 0.347 e. The van der Waals surface area contributed by atoms with Crippen molar-refractivity contribution in [3.63, 3.8) is 0 Å². The topological polar surface area (TPSA) is 30.9 Å². The van der Waals surface area contributed by atoms with Gasteiger partial charge in [0.2, 0.25) is 0 Å². The predicted octanol–water partition coefficient (Wildman–Crippen LogP) is 2.54. The minimum absolute atomic E-state index is 0.0492. The first kappa shape index (κ1) is 11.1. The summed E-state index contributed by atoms with van der Waals surface area (Å²) in [5, 5.41) is 0.581. The first-order chi connectivity index (χ1) is 7.49. The van der Waals surface area contributed by atoms with Crippen LogP contribution in [0.1, 0.15) is 11.3 Å². The molecule has 2 nitrogen and oxygen atoms in total. The minimum atomic E-state index is -2.97. The Balaban J connectivity index is 2.84. The third kappa shape index (κ3) is 1.41. The van der Waals surface area contributed by atoms with E-state index in [1.807, 2.05) is 12.1 Å². The Labute approximate surface area is 92.7 Å². The molecule has 0 aliphatic heterocycles. The summed E-state index contributed by atoms with van der Waals surface area (Å²) in [7, 11) is 1.79. The summed E-state index contributed by atoms with van der Waals surface area (Å²) in [5.74, 6) is -2.97. The normalized spacial score (nSPS) is 12.3. The van der Waals surface area contributed by atoms with Gasteiger partial charge in [-0.1, -0.05) is 18.2 Å². The maximum atomic E-state index is 13.8. The number of nitrogens with two attached hydrogens (primary N) is 1. The highest BCUT2D eigenvalue weighted by Gasteiger charge is 2.35. The molecule has 0 saturated carbocycles. The summed E-state index contributed by atoms with van der Waals surface area (Å²) in [6.07, 6.45) is 0. The average Bonchev–Trinajstić information content (AvgIpc) is 2.53. The lowest BCUT2D eigenvalue weighted by Gasteiger charge is -2.14. The van der Waals surface area contributed by atoms with Crippen LogP contribution in [0.4, 0.5) is 8.78 Å². The molecule has 0 fully saturated rings. The molecule has 2 rings (SSSR count). The van der Waals surface area contributed by atoms with Crippen molar-refractivity contribution in [3.8, 4) is 0 Å². The fourth-order valence-electron chi connectivity index (χ4n) is 2.08. The molecular formula is C12H14F2N2. The molecule has 0 saturated heterocycles. The van der Waals surface area contributed by atoms with Crippen LogP contribution in [0.15, 0.2) is 24.3 Å². The fourth-order valence-corrected chi connectivity index (χ4v) is 2.08. The molecule has 0 unspecified atom stereocenters. The van der Waals surface area contributed by atoms with E-state index in [0.29, 0.717) is 11.1 Å². The number of nitrogens with zero attached hydrogens (tertiary/aromatic N) is 1. The van der Waals surface area contributed by atoms with Gasteiger partial charge in [-0.2, -0.15) is 8.78 Å². The molecule has 0 amide bonds. The van der Waals surface area contributed by atoms with Crippen LogP contribution in [-0.2, 0) is 13.0 Å². The Bertz CT molecular complexity index is 529. The number of hydrogen-bond donors (Lipinski definition) is 1. The zero-order chi connectivity index (χ0) is 11.9. The first-order valence-electron chi connectivity index (χ1n) is 5.11. The number of aryl methyl sites for hydroxylation is 1. The lowest BCUT2D eigenvalue weighted by Crippen LogP contribution is -2.25. The van der Waals surface area contributed by atoms with E-state index in [1.165, 1.54) is 0 Å². The van der Waals surface area contributed by atoms with Gasteiger partial charge < -0.3 is 10.3 Å². The molecule has 0 aliphatic rings. The molecule has 2 N–H and O–H groups in total. The lowest BCUT2D eigenvalue weighted by atomic mass is 10.0. The van der Waals surface area contributed by atoms with Crippen LogP contribution in [0.2, 0.25) is 0 Å². The number of benzene rings is 1.